The van der Waals surface area contributed by atoms with Crippen molar-refractivity contribution < 1.29 is 13.9 Å². The van der Waals surface area contributed by atoms with Gasteiger partial charge < -0.3 is 14.5 Å². The van der Waals surface area contributed by atoms with E-state index in [0.29, 0.717) is 24.9 Å². The molecule has 1 aliphatic rings. The van der Waals surface area contributed by atoms with Crippen molar-refractivity contribution >= 4 is 17.7 Å². The summed E-state index contributed by atoms with van der Waals surface area (Å²) < 4.78 is 13.3. The standard InChI is InChI=1S/C23H29N5O3S/c1-3-18-6-4-5-7-19(18)28-16-25-26-23(28)32-15-22(29)24-14-20(21-9-8-17(2)31-21)27-10-12-30-13-11-27/h4-9,16,20H,3,10-15H2,1-2H3,(H,24,29). The number of aryl methyl sites for hydroxylation is 2. The summed E-state index contributed by atoms with van der Waals surface area (Å²) in [6, 6.07) is 12.1. The molecule has 8 nitrogen and oxygen atoms in total. The molecule has 4 rings (SSSR count). The van der Waals surface area contributed by atoms with Gasteiger partial charge in [0.05, 0.1) is 30.7 Å². The normalized spacial score (nSPS) is 15.6. The zero-order valence-corrected chi connectivity index (χ0v) is 19.3. The maximum Gasteiger partial charge on any atom is 0.230 e. The van der Waals surface area contributed by atoms with Crippen LogP contribution in [0.5, 0.6) is 0 Å². The third-order valence-corrected chi connectivity index (χ3v) is 6.49. The van der Waals surface area contributed by atoms with E-state index in [1.807, 2.05) is 41.8 Å². The number of thioether (sulfide) groups is 1. The van der Waals surface area contributed by atoms with Crippen molar-refractivity contribution in [1.82, 2.24) is 25.0 Å². The van der Waals surface area contributed by atoms with E-state index in [1.165, 1.54) is 17.3 Å². The fourth-order valence-electron chi connectivity index (χ4n) is 3.86. The van der Waals surface area contributed by atoms with Crippen molar-refractivity contribution in [3.05, 3.63) is 59.8 Å². The largest absolute Gasteiger partial charge is 0.465 e. The first kappa shape index (κ1) is 22.6. The lowest BCUT2D eigenvalue weighted by Crippen LogP contribution is -2.44. The maximum absolute atomic E-state index is 12.7. The van der Waals surface area contributed by atoms with Crippen LogP contribution in [-0.2, 0) is 16.0 Å². The highest BCUT2D eigenvalue weighted by Crippen LogP contribution is 2.24. The van der Waals surface area contributed by atoms with Crippen LogP contribution in [-0.4, -0.2) is 64.2 Å². The van der Waals surface area contributed by atoms with Crippen molar-refractivity contribution in [2.24, 2.45) is 0 Å². The third kappa shape index (κ3) is 5.40. The lowest BCUT2D eigenvalue weighted by molar-refractivity contribution is -0.118. The zero-order valence-electron chi connectivity index (χ0n) is 18.5. The molecular weight excluding hydrogens is 426 g/mol. The van der Waals surface area contributed by atoms with Gasteiger partial charge in [0.25, 0.3) is 0 Å². The number of rotatable bonds is 9. The summed E-state index contributed by atoms with van der Waals surface area (Å²) in [4.78, 5) is 15.0. The average Bonchev–Trinajstić information content (AvgIpc) is 3.47. The van der Waals surface area contributed by atoms with Crippen LogP contribution in [0.1, 0.15) is 30.0 Å². The second kappa shape index (κ2) is 10.8. The Balaban J connectivity index is 1.37. The van der Waals surface area contributed by atoms with Gasteiger partial charge in [-0.15, -0.1) is 10.2 Å². The highest BCUT2D eigenvalue weighted by atomic mass is 32.2. The van der Waals surface area contributed by atoms with Crippen LogP contribution in [0, 0.1) is 6.92 Å². The predicted molar refractivity (Wildman–Crippen MR) is 123 cm³/mol. The number of benzene rings is 1. The molecule has 3 aromatic rings. The molecule has 32 heavy (non-hydrogen) atoms. The predicted octanol–water partition coefficient (Wildman–Crippen LogP) is 3.01. The van der Waals surface area contributed by atoms with Crippen LogP contribution < -0.4 is 5.32 Å². The van der Waals surface area contributed by atoms with Crippen LogP contribution in [0.15, 0.2) is 52.3 Å². The van der Waals surface area contributed by atoms with Gasteiger partial charge in [0.2, 0.25) is 5.91 Å². The number of hydrogen-bond donors (Lipinski definition) is 1. The molecule has 1 atom stereocenters. The zero-order chi connectivity index (χ0) is 22.3. The number of hydrogen-bond acceptors (Lipinski definition) is 7. The minimum absolute atomic E-state index is 0.0124. The van der Waals surface area contributed by atoms with Gasteiger partial charge in [0, 0.05) is 19.6 Å². The van der Waals surface area contributed by atoms with Gasteiger partial charge in [-0.25, -0.2) is 0 Å². The van der Waals surface area contributed by atoms with E-state index in [2.05, 4.69) is 33.4 Å². The Labute approximate surface area is 192 Å². The number of aromatic nitrogens is 3. The van der Waals surface area contributed by atoms with Crippen molar-refractivity contribution in [3.63, 3.8) is 0 Å². The summed E-state index contributed by atoms with van der Waals surface area (Å²) in [6.45, 7) is 7.54. The molecule has 0 aliphatic carbocycles. The fourth-order valence-corrected chi connectivity index (χ4v) is 4.61. The SMILES string of the molecule is CCc1ccccc1-n1cnnc1SCC(=O)NCC(c1ccc(C)o1)N1CCOCC1. The molecule has 9 heteroatoms. The fraction of sp³-hybridized carbons (Fsp3) is 0.435. The number of para-hydroxylation sites is 1. The molecular formula is C23H29N5O3S. The number of nitrogens with zero attached hydrogens (tertiary/aromatic N) is 4. The van der Waals surface area contributed by atoms with Crippen molar-refractivity contribution in [2.45, 2.75) is 31.5 Å². The van der Waals surface area contributed by atoms with E-state index in [4.69, 9.17) is 9.15 Å². The highest BCUT2D eigenvalue weighted by Gasteiger charge is 2.25. The number of carbonyl (C=O) groups is 1. The molecule has 170 valence electrons. The molecule has 1 aromatic carbocycles. The lowest BCUT2D eigenvalue weighted by atomic mass is 10.1. The molecule has 3 heterocycles. The highest BCUT2D eigenvalue weighted by molar-refractivity contribution is 7.99. The summed E-state index contributed by atoms with van der Waals surface area (Å²) in [5, 5.41) is 12.1. The first-order valence-corrected chi connectivity index (χ1v) is 11.9. The van der Waals surface area contributed by atoms with Gasteiger partial charge in [0.1, 0.15) is 17.8 Å². The smallest absolute Gasteiger partial charge is 0.230 e. The van der Waals surface area contributed by atoms with Crippen LogP contribution >= 0.6 is 11.8 Å². The summed E-state index contributed by atoms with van der Waals surface area (Å²) in [5.74, 6) is 1.95. The van der Waals surface area contributed by atoms with E-state index < -0.39 is 0 Å². The van der Waals surface area contributed by atoms with Crippen LogP contribution in [0.25, 0.3) is 5.69 Å². The Morgan fingerprint density at radius 1 is 1.22 bits per heavy atom. The van der Waals surface area contributed by atoms with Crippen LogP contribution in [0.4, 0.5) is 0 Å². The van der Waals surface area contributed by atoms with Gasteiger partial charge in [-0.2, -0.15) is 0 Å². The lowest BCUT2D eigenvalue weighted by Gasteiger charge is -2.33. The maximum atomic E-state index is 12.7. The van der Waals surface area contributed by atoms with E-state index >= 15 is 0 Å². The molecule has 1 aliphatic heterocycles. The summed E-state index contributed by atoms with van der Waals surface area (Å²) >= 11 is 1.38. The van der Waals surface area contributed by atoms with E-state index in [-0.39, 0.29) is 17.7 Å². The molecule has 0 saturated carbocycles. The number of furan rings is 1. The van der Waals surface area contributed by atoms with Gasteiger partial charge in [-0.3, -0.25) is 14.3 Å². The molecule has 0 radical (unpaired) electrons. The van der Waals surface area contributed by atoms with Crippen molar-refractivity contribution in [3.8, 4) is 5.69 Å². The molecule has 1 fully saturated rings. The van der Waals surface area contributed by atoms with Gasteiger partial charge in [-0.05, 0) is 37.1 Å². The molecule has 1 amide bonds. The Hall–Kier alpha value is -2.62. The molecule has 1 N–H and O–H groups in total. The number of amides is 1. The molecule has 2 aromatic heterocycles. The number of morpholine rings is 1. The minimum atomic E-state index is -0.0464. The van der Waals surface area contributed by atoms with Crippen LogP contribution in [0.3, 0.4) is 0 Å². The molecule has 1 unspecified atom stereocenters. The van der Waals surface area contributed by atoms with Crippen LogP contribution in [0.2, 0.25) is 0 Å². The summed E-state index contributed by atoms with van der Waals surface area (Å²) in [6.07, 6.45) is 2.61. The first-order valence-electron chi connectivity index (χ1n) is 10.9. The average molecular weight is 456 g/mol. The molecule has 0 spiro atoms. The summed E-state index contributed by atoms with van der Waals surface area (Å²) in [7, 11) is 0. The summed E-state index contributed by atoms with van der Waals surface area (Å²) in [5.41, 5.74) is 2.25. The number of carbonyl (C=O) groups excluding carboxylic acids is 1. The number of nitrogens with one attached hydrogen (secondary N) is 1. The minimum Gasteiger partial charge on any atom is -0.465 e. The molecule has 1 saturated heterocycles. The van der Waals surface area contributed by atoms with Crippen molar-refractivity contribution in [1.29, 1.82) is 0 Å². The Morgan fingerprint density at radius 2 is 2.03 bits per heavy atom. The van der Waals surface area contributed by atoms with Crippen molar-refractivity contribution in [2.75, 3.05) is 38.6 Å². The second-order valence-corrected chi connectivity index (χ2v) is 8.61. The molecule has 0 bridgehead atoms. The van der Waals surface area contributed by atoms with E-state index in [0.717, 1.165) is 36.7 Å². The number of ether oxygens (including phenoxy) is 1. The first-order chi connectivity index (χ1) is 15.7. The Bertz CT molecular complexity index is 1030. The topological polar surface area (TPSA) is 85.4 Å². The van der Waals surface area contributed by atoms with Gasteiger partial charge in [-0.1, -0.05) is 36.9 Å². The van der Waals surface area contributed by atoms with Gasteiger partial charge in [0.15, 0.2) is 5.16 Å². The quantitative estimate of drug-likeness (QED) is 0.497. The second-order valence-electron chi connectivity index (χ2n) is 7.67. The Morgan fingerprint density at radius 3 is 2.78 bits per heavy atom. The third-order valence-electron chi connectivity index (χ3n) is 5.55. The Kier molecular flexibility index (Phi) is 7.62. The monoisotopic (exact) mass is 455 g/mol. The van der Waals surface area contributed by atoms with E-state index in [9.17, 15) is 4.79 Å². The van der Waals surface area contributed by atoms with E-state index in [1.54, 1.807) is 6.33 Å². The van der Waals surface area contributed by atoms with Gasteiger partial charge >= 0.3 is 0 Å².